The number of carbonyl (C=O) groups excluding carboxylic acids is 1. The van der Waals surface area contributed by atoms with Crippen molar-refractivity contribution in [1.82, 2.24) is 4.57 Å². The molecule has 0 unspecified atom stereocenters. The quantitative estimate of drug-likeness (QED) is 0.303. The van der Waals surface area contributed by atoms with Gasteiger partial charge in [-0.1, -0.05) is 87.3 Å². The molecule has 3 aromatic rings. The maximum absolute atomic E-state index is 13.5. The highest BCUT2D eigenvalue weighted by Gasteiger charge is 2.20. The lowest BCUT2D eigenvalue weighted by atomic mass is 9.93. The Bertz CT molecular complexity index is 1220. The van der Waals surface area contributed by atoms with Gasteiger partial charge in [0.15, 0.2) is 0 Å². The molecule has 1 heterocycles. The SMILES string of the molecule is CCCCn1cc(C)c(-c2ccc(Br)cc2)c(NC(=O)Nc2c(C(C)C)cccc2C(C)C)c1=O. The summed E-state index contributed by atoms with van der Waals surface area (Å²) in [5.41, 5.74) is 5.63. The molecule has 1 aromatic heterocycles. The number of hydrogen-bond acceptors (Lipinski definition) is 2. The number of nitrogens with one attached hydrogen (secondary N) is 2. The van der Waals surface area contributed by atoms with Crippen LogP contribution in [0.5, 0.6) is 0 Å². The number of para-hydroxylation sites is 1. The predicted molar refractivity (Wildman–Crippen MR) is 151 cm³/mol. The van der Waals surface area contributed by atoms with Crippen LogP contribution in [0.2, 0.25) is 0 Å². The van der Waals surface area contributed by atoms with Crippen LogP contribution in [0.25, 0.3) is 11.1 Å². The third kappa shape index (κ3) is 6.23. The highest BCUT2D eigenvalue weighted by Crippen LogP contribution is 2.33. The Labute approximate surface area is 217 Å². The maximum atomic E-state index is 13.5. The highest BCUT2D eigenvalue weighted by atomic mass is 79.9. The monoisotopic (exact) mass is 537 g/mol. The second-order valence-electron chi connectivity index (χ2n) is 9.62. The lowest BCUT2D eigenvalue weighted by Gasteiger charge is -2.21. The Kier molecular flexibility index (Phi) is 8.95. The molecule has 5 nitrogen and oxygen atoms in total. The van der Waals surface area contributed by atoms with E-state index in [1.165, 1.54) is 0 Å². The molecule has 0 aliphatic rings. The Morgan fingerprint density at radius 1 is 0.943 bits per heavy atom. The fourth-order valence-electron chi connectivity index (χ4n) is 4.36. The van der Waals surface area contributed by atoms with E-state index in [1.54, 1.807) is 4.57 Å². The van der Waals surface area contributed by atoms with E-state index in [0.29, 0.717) is 12.2 Å². The molecule has 0 aliphatic carbocycles. The first kappa shape index (κ1) is 26.7. The summed E-state index contributed by atoms with van der Waals surface area (Å²) in [5, 5.41) is 6.02. The van der Waals surface area contributed by atoms with Crippen molar-refractivity contribution in [3.8, 4) is 11.1 Å². The maximum Gasteiger partial charge on any atom is 0.323 e. The van der Waals surface area contributed by atoms with Gasteiger partial charge < -0.3 is 15.2 Å². The van der Waals surface area contributed by atoms with Crippen molar-refractivity contribution in [2.75, 3.05) is 10.6 Å². The molecule has 35 heavy (non-hydrogen) atoms. The number of pyridine rings is 1. The number of hydrogen-bond donors (Lipinski definition) is 2. The second kappa shape index (κ2) is 11.7. The summed E-state index contributed by atoms with van der Waals surface area (Å²) in [6.07, 6.45) is 3.76. The number of benzene rings is 2. The van der Waals surface area contributed by atoms with Crippen LogP contribution in [-0.2, 0) is 6.54 Å². The van der Waals surface area contributed by atoms with Crippen LogP contribution in [0.4, 0.5) is 16.2 Å². The molecule has 0 bridgehead atoms. The summed E-state index contributed by atoms with van der Waals surface area (Å²) in [6.45, 7) is 13.1. The van der Waals surface area contributed by atoms with Crippen molar-refractivity contribution in [3.63, 3.8) is 0 Å². The molecule has 0 saturated carbocycles. The molecule has 0 spiro atoms. The highest BCUT2D eigenvalue weighted by molar-refractivity contribution is 9.10. The van der Waals surface area contributed by atoms with Gasteiger partial charge in [-0.2, -0.15) is 0 Å². The van der Waals surface area contributed by atoms with Gasteiger partial charge in [-0.15, -0.1) is 0 Å². The summed E-state index contributed by atoms with van der Waals surface area (Å²) in [5.74, 6) is 0.486. The Balaban J connectivity index is 2.08. The van der Waals surface area contributed by atoms with Crippen LogP contribution >= 0.6 is 15.9 Å². The van der Waals surface area contributed by atoms with E-state index < -0.39 is 6.03 Å². The Hall–Kier alpha value is -2.86. The molecule has 6 heteroatoms. The van der Waals surface area contributed by atoms with E-state index in [0.717, 1.165) is 50.8 Å². The number of urea groups is 1. The average molecular weight is 539 g/mol. The first-order valence-electron chi connectivity index (χ1n) is 12.3. The third-order valence-electron chi connectivity index (χ3n) is 6.20. The van der Waals surface area contributed by atoms with E-state index in [-0.39, 0.29) is 17.4 Å². The number of nitrogens with zero attached hydrogens (tertiary/aromatic N) is 1. The van der Waals surface area contributed by atoms with Gasteiger partial charge in [-0.25, -0.2) is 4.79 Å². The second-order valence-corrected chi connectivity index (χ2v) is 10.5. The Morgan fingerprint density at radius 3 is 2.06 bits per heavy atom. The van der Waals surface area contributed by atoms with Crippen molar-refractivity contribution in [1.29, 1.82) is 0 Å². The van der Waals surface area contributed by atoms with Crippen molar-refractivity contribution >= 4 is 33.3 Å². The van der Waals surface area contributed by atoms with Crippen LogP contribution in [0.3, 0.4) is 0 Å². The minimum Gasteiger partial charge on any atom is -0.313 e. The van der Waals surface area contributed by atoms with Gasteiger partial charge >= 0.3 is 6.03 Å². The molecule has 3 rings (SSSR count). The van der Waals surface area contributed by atoms with Crippen LogP contribution in [0.1, 0.15) is 76.0 Å². The minimum atomic E-state index is -0.414. The Morgan fingerprint density at radius 2 is 1.51 bits per heavy atom. The van der Waals surface area contributed by atoms with Crippen LogP contribution in [0.15, 0.2) is 57.9 Å². The number of carbonyl (C=O) groups is 1. The van der Waals surface area contributed by atoms with Crippen molar-refractivity contribution in [2.24, 2.45) is 0 Å². The summed E-state index contributed by atoms with van der Waals surface area (Å²) in [7, 11) is 0. The van der Waals surface area contributed by atoms with Crippen molar-refractivity contribution in [3.05, 3.63) is 80.2 Å². The number of anilines is 2. The molecule has 2 aromatic carbocycles. The fourth-order valence-corrected chi connectivity index (χ4v) is 4.62. The van der Waals surface area contributed by atoms with E-state index >= 15 is 0 Å². The van der Waals surface area contributed by atoms with Gasteiger partial charge in [0.2, 0.25) is 0 Å². The molecule has 0 atom stereocenters. The van der Waals surface area contributed by atoms with Gasteiger partial charge in [0.05, 0.1) is 0 Å². The predicted octanol–water partition coefficient (Wildman–Crippen LogP) is 8.28. The minimum absolute atomic E-state index is 0.196. The normalized spacial score (nSPS) is 11.2. The topological polar surface area (TPSA) is 63.1 Å². The summed E-state index contributed by atoms with van der Waals surface area (Å²) >= 11 is 3.48. The summed E-state index contributed by atoms with van der Waals surface area (Å²) in [4.78, 5) is 26.9. The standard InChI is InChI=1S/C29H36BrN3O2/c1-7-8-16-33-17-20(6)25(21-12-14-22(30)15-13-21)27(28(33)34)32-29(35)31-26-23(18(2)3)10-9-11-24(26)19(4)5/h9-15,17-19H,7-8,16H2,1-6H3,(H2,31,32,35). The van der Waals surface area contributed by atoms with Crippen LogP contribution in [0, 0.1) is 6.92 Å². The third-order valence-corrected chi connectivity index (χ3v) is 6.73. The van der Waals surface area contributed by atoms with Gasteiger partial charge in [-0.05, 0) is 59.6 Å². The molecular weight excluding hydrogens is 502 g/mol. The zero-order valence-electron chi connectivity index (χ0n) is 21.5. The van der Waals surface area contributed by atoms with Gasteiger partial charge in [0, 0.05) is 28.5 Å². The largest absolute Gasteiger partial charge is 0.323 e. The lowest BCUT2D eigenvalue weighted by Crippen LogP contribution is -2.30. The molecule has 2 N–H and O–H groups in total. The van der Waals surface area contributed by atoms with Crippen molar-refractivity contribution in [2.45, 2.75) is 72.8 Å². The van der Waals surface area contributed by atoms with Gasteiger partial charge in [0.1, 0.15) is 5.69 Å². The average Bonchev–Trinajstić information content (AvgIpc) is 2.81. The number of aryl methyl sites for hydroxylation is 2. The van der Waals surface area contributed by atoms with Crippen LogP contribution < -0.4 is 16.2 Å². The molecule has 2 amide bonds. The van der Waals surface area contributed by atoms with E-state index in [9.17, 15) is 9.59 Å². The summed E-state index contributed by atoms with van der Waals surface area (Å²) < 4.78 is 2.66. The first-order valence-corrected chi connectivity index (χ1v) is 13.1. The number of unbranched alkanes of at least 4 members (excludes halogenated alkanes) is 1. The van der Waals surface area contributed by atoms with E-state index in [2.05, 4.69) is 61.2 Å². The van der Waals surface area contributed by atoms with Gasteiger partial charge in [0.25, 0.3) is 5.56 Å². The van der Waals surface area contributed by atoms with E-state index in [1.807, 2.05) is 55.6 Å². The lowest BCUT2D eigenvalue weighted by molar-refractivity contribution is 0.262. The molecular formula is C29H36BrN3O2. The van der Waals surface area contributed by atoms with Gasteiger partial charge in [-0.3, -0.25) is 4.79 Å². The van der Waals surface area contributed by atoms with Crippen LogP contribution in [-0.4, -0.2) is 10.6 Å². The molecule has 0 fully saturated rings. The molecule has 0 aliphatic heterocycles. The molecule has 186 valence electrons. The number of rotatable bonds is 8. The number of aromatic nitrogens is 1. The van der Waals surface area contributed by atoms with Crippen molar-refractivity contribution < 1.29 is 4.79 Å². The molecule has 0 radical (unpaired) electrons. The molecule has 0 saturated heterocycles. The van der Waals surface area contributed by atoms with E-state index in [4.69, 9.17) is 0 Å². The fraction of sp³-hybridized carbons (Fsp3) is 0.379. The zero-order valence-corrected chi connectivity index (χ0v) is 23.1. The summed E-state index contributed by atoms with van der Waals surface area (Å²) in [6, 6.07) is 13.5. The number of amides is 2. The first-order chi connectivity index (χ1) is 16.6. The smallest absolute Gasteiger partial charge is 0.313 e. The zero-order chi connectivity index (χ0) is 25.7. The number of halogens is 1.